The molecule has 0 radical (unpaired) electrons. The molecule has 0 atom stereocenters. The molecule has 0 fully saturated rings. The molecule has 3 rings (SSSR count). The van der Waals surface area contributed by atoms with Gasteiger partial charge in [-0.1, -0.05) is 73.4 Å². The van der Waals surface area contributed by atoms with Crippen LogP contribution in [0.25, 0.3) is 22.0 Å². The Kier molecular flexibility index (Phi) is 4.99. The van der Waals surface area contributed by atoms with E-state index in [2.05, 4.69) is 17.1 Å². The van der Waals surface area contributed by atoms with Gasteiger partial charge in [-0.2, -0.15) is 0 Å². The molecule has 0 saturated carbocycles. The van der Waals surface area contributed by atoms with Gasteiger partial charge in [-0.3, -0.25) is 0 Å². The fourth-order valence-corrected chi connectivity index (χ4v) is 2.48. The summed E-state index contributed by atoms with van der Waals surface area (Å²) in [6.07, 6.45) is 0. The summed E-state index contributed by atoms with van der Waals surface area (Å²) in [6.45, 7) is 4.00. The van der Waals surface area contributed by atoms with Gasteiger partial charge in [-0.15, -0.1) is 0 Å². The Bertz CT molecular complexity index is 709. The van der Waals surface area contributed by atoms with E-state index in [1.165, 1.54) is 0 Å². The number of nitrogens with zero attached hydrogens (tertiary/aromatic N) is 1. The van der Waals surface area contributed by atoms with E-state index in [1.54, 1.807) is 6.07 Å². The molecular weight excluding hydrogens is 289 g/mol. The number of aromatic nitrogens is 1. The monoisotopic (exact) mass is 303 g/mol. The molecule has 0 aliphatic carbocycles. The fourth-order valence-electron chi connectivity index (χ4n) is 1.96. The summed E-state index contributed by atoms with van der Waals surface area (Å²) in [7, 11) is 0. The van der Waals surface area contributed by atoms with Crippen LogP contribution in [0.5, 0.6) is 0 Å². The van der Waals surface area contributed by atoms with Crippen LogP contribution in [0.4, 0.5) is 0 Å². The lowest BCUT2D eigenvalue weighted by Gasteiger charge is -2.05. The van der Waals surface area contributed by atoms with E-state index in [-0.39, 0.29) is 0 Å². The van der Waals surface area contributed by atoms with Crippen molar-refractivity contribution in [2.24, 2.45) is 0 Å². The first-order chi connectivity index (χ1) is 9.74. The fraction of sp³-hybridized carbons (Fsp3) is 0.118. The molecule has 3 aromatic rings. The zero-order valence-electron chi connectivity index (χ0n) is 11.4. The van der Waals surface area contributed by atoms with Crippen molar-refractivity contribution >= 4 is 34.1 Å². The van der Waals surface area contributed by atoms with Gasteiger partial charge in [0.05, 0.1) is 10.5 Å². The quantitative estimate of drug-likeness (QED) is 0.485. The Morgan fingerprint density at radius 3 is 2.20 bits per heavy atom. The topological polar surface area (TPSA) is 12.9 Å². The summed E-state index contributed by atoms with van der Waals surface area (Å²) in [6, 6.07) is 17.8. The van der Waals surface area contributed by atoms with Gasteiger partial charge in [-0.05, 0) is 29.3 Å². The molecule has 0 amide bonds. The highest BCUT2D eigenvalue weighted by Gasteiger charge is 2.05. The lowest BCUT2D eigenvalue weighted by atomic mass is 10.0. The number of hydrogen-bond donors (Lipinski definition) is 0. The summed E-state index contributed by atoms with van der Waals surface area (Å²) >= 11 is 12.1. The molecule has 102 valence electrons. The molecule has 0 aliphatic rings. The highest BCUT2D eigenvalue weighted by molar-refractivity contribution is 6.37. The third-order valence-corrected chi connectivity index (χ3v) is 3.34. The van der Waals surface area contributed by atoms with Crippen molar-refractivity contribution in [1.82, 2.24) is 4.98 Å². The zero-order chi connectivity index (χ0) is 14.5. The first-order valence-electron chi connectivity index (χ1n) is 6.55. The van der Waals surface area contributed by atoms with E-state index in [0.717, 1.165) is 22.0 Å². The molecule has 3 heteroatoms. The second-order valence-electron chi connectivity index (χ2n) is 4.02. The summed E-state index contributed by atoms with van der Waals surface area (Å²) in [5.74, 6) is 0. The van der Waals surface area contributed by atoms with Gasteiger partial charge >= 0.3 is 0 Å². The van der Waals surface area contributed by atoms with E-state index in [4.69, 9.17) is 23.2 Å². The maximum atomic E-state index is 6.20. The molecule has 0 N–H and O–H groups in total. The summed E-state index contributed by atoms with van der Waals surface area (Å²) < 4.78 is 0. The maximum Gasteiger partial charge on any atom is 0.131 e. The second-order valence-corrected chi connectivity index (χ2v) is 4.82. The molecular formula is C17H15Cl2N. The van der Waals surface area contributed by atoms with E-state index in [9.17, 15) is 0 Å². The van der Waals surface area contributed by atoms with Crippen molar-refractivity contribution in [3.05, 3.63) is 64.8 Å². The molecule has 20 heavy (non-hydrogen) atoms. The first-order valence-corrected chi connectivity index (χ1v) is 7.31. The number of hydrogen-bond acceptors (Lipinski definition) is 1. The maximum absolute atomic E-state index is 6.20. The number of rotatable bonds is 1. The number of fused-ring (bicyclic) bond motifs is 1. The van der Waals surface area contributed by atoms with Crippen LogP contribution in [0.15, 0.2) is 54.6 Å². The van der Waals surface area contributed by atoms with Crippen molar-refractivity contribution < 1.29 is 0 Å². The Morgan fingerprint density at radius 2 is 1.50 bits per heavy atom. The van der Waals surface area contributed by atoms with Gasteiger partial charge in [0.15, 0.2) is 0 Å². The minimum absolute atomic E-state index is 0.417. The van der Waals surface area contributed by atoms with E-state index in [0.29, 0.717) is 10.2 Å². The Balaban J connectivity index is 0.000000704. The standard InChI is InChI=1S/C15H9Cl2N.C2H6/c16-13-9-15(17)18-14-7-6-11(8-12(13)14)10-4-2-1-3-5-10;1-2/h1-9H;1-2H3. The molecule has 0 saturated heterocycles. The van der Waals surface area contributed by atoms with Gasteiger partial charge in [0.25, 0.3) is 0 Å². The van der Waals surface area contributed by atoms with E-state index >= 15 is 0 Å². The van der Waals surface area contributed by atoms with Crippen LogP contribution in [-0.2, 0) is 0 Å². The van der Waals surface area contributed by atoms with Crippen LogP contribution < -0.4 is 0 Å². The van der Waals surface area contributed by atoms with E-state index < -0.39 is 0 Å². The molecule has 1 aromatic heterocycles. The van der Waals surface area contributed by atoms with Gasteiger partial charge in [0, 0.05) is 5.39 Å². The van der Waals surface area contributed by atoms with Crippen molar-refractivity contribution in [1.29, 1.82) is 0 Å². The van der Waals surface area contributed by atoms with Gasteiger partial charge in [0.1, 0.15) is 5.15 Å². The molecule has 1 nitrogen and oxygen atoms in total. The summed E-state index contributed by atoms with van der Waals surface area (Å²) in [5.41, 5.74) is 3.09. The first kappa shape index (κ1) is 14.8. The van der Waals surface area contributed by atoms with Crippen molar-refractivity contribution in [2.45, 2.75) is 13.8 Å². The van der Waals surface area contributed by atoms with Crippen LogP contribution in [0.1, 0.15) is 13.8 Å². The Morgan fingerprint density at radius 1 is 0.800 bits per heavy atom. The molecule has 0 aliphatic heterocycles. The third kappa shape index (κ3) is 3.12. The van der Waals surface area contributed by atoms with Crippen molar-refractivity contribution in [2.75, 3.05) is 0 Å². The summed E-state index contributed by atoms with van der Waals surface area (Å²) in [4.78, 5) is 4.25. The normalized spacial score (nSPS) is 10.0. The zero-order valence-corrected chi connectivity index (χ0v) is 12.9. The third-order valence-electron chi connectivity index (χ3n) is 2.83. The lowest BCUT2D eigenvalue weighted by molar-refractivity contribution is 1.41. The van der Waals surface area contributed by atoms with Crippen LogP contribution in [0.3, 0.4) is 0 Å². The second kappa shape index (κ2) is 6.74. The number of pyridine rings is 1. The van der Waals surface area contributed by atoms with Crippen LogP contribution in [-0.4, -0.2) is 4.98 Å². The molecule has 0 spiro atoms. The Labute approximate surface area is 129 Å². The Hall–Kier alpha value is -1.57. The van der Waals surface area contributed by atoms with Crippen molar-refractivity contribution in [3.8, 4) is 11.1 Å². The van der Waals surface area contributed by atoms with Crippen LogP contribution >= 0.6 is 23.2 Å². The van der Waals surface area contributed by atoms with Crippen LogP contribution in [0, 0.1) is 0 Å². The predicted molar refractivity (Wildman–Crippen MR) is 88.5 cm³/mol. The average Bonchev–Trinajstić information content (AvgIpc) is 2.50. The number of halogens is 2. The smallest absolute Gasteiger partial charge is 0.131 e. The minimum atomic E-state index is 0.417. The lowest BCUT2D eigenvalue weighted by Crippen LogP contribution is -1.83. The minimum Gasteiger partial charge on any atom is -0.236 e. The van der Waals surface area contributed by atoms with Gasteiger partial charge < -0.3 is 0 Å². The molecule has 1 heterocycles. The summed E-state index contributed by atoms with van der Waals surface area (Å²) in [5, 5.41) is 1.96. The van der Waals surface area contributed by atoms with Gasteiger partial charge in [-0.25, -0.2) is 4.98 Å². The van der Waals surface area contributed by atoms with Crippen molar-refractivity contribution in [3.63, 3.8) is 0 Å². The van der Waals surface area contributed by atoms with E-state index in [1.807, 2.05) is 50.2 Å². The predicted octanol–water partition coefficient (Wildman–Crippen LogP) is 6.23. The molecule has 2 aromatic carbocycles. The van der Waals surface area contributed by atoms with Crippen LogP contribution in [0.2, 0.25) is 10.2 Å². The largest absolute Gasteiger partial charge is 0.236 e. The average molecular weight is 304 g/mol. The highest BCUT2D eigenvalue weighted by atomic mass is 35.5. The highest BCUT2D eigenvalue weighted by Crippen LogP contribution is 2.29. The molecule has 0 bridgehead atoms. The molecule has 0 unspecified atom stereocenters. The SMILES string of the molecule is CC.Clc1cc(Cl)c2cc(-c3ccccc3)ccc2n1. The van der Waals surface area contributed by atoms with Gasteiger partial charge in [0.2, 0.25) is 0 Å². The number of benzene rings is 2.